The van der Waals surface area contributed by atoms with E-state index in [9.17, 15) is 9.59 Å². The molecule has 5 nitrogen and oxygen atoms in total. The summed E-state index contributed by atoms with van der Waals surface area (Å²) in [6.07, 6.45) is 6.99. The van der Waals surface area contributed by atoms with Gasteiger partial charge in [0.1, 0.15) is 0 Å². The van der Waals surface area contributed by atoms with E-state index in [0.29, 0.717) is 30.2 Å². The molecule has 0 aromatic heterocycles. The van der Waals surface area contributed by atoms with Gasteiger partial charge in [0.2, 0.25) is 11.8 Å². The summed E-state index contributed by atoms with van der Waals surface area (Å²) in [5, 5.41) is 9.61. The normalized spacial score (nSPS) is 36.3. The molecular formula is C18H31N3O2. The molecule has 0 radical (unpaired) electrons. The van der Waals surface area contributed by atoms with Crippen LogP contribution in [0.1, 0.15) is 58.8 Å². The SMILES string of the molecule is CCC[C@@H](CC(=O)NC1C[C@@H]1C)NC(=O)[C@H]1NC[C@@H]2CCC[C@@H]21. The first-order chi connectivity index (χ1) is 11.1. The Morgan fingerprint density at radius 1 is 1.30 bits per heavy atom. The highest BCUT2D eigenvalue weighted by molar-refractivity contribution is 5.84. The Morgan fingerprint density at radius 3 is 2.78 bits per heavy atom. The van der Waals surface area contributed by atoms with Crippen LogP contribution in [0.5, 0.6) is 0 Å². The highest BCUT2D eigenvalue weighted by atomic mass is 16.2. The van der Waals surface area contributed by atoms with E-state index < -0.39 is 0 Å². The minimum absolute atomic E-state index is 0.0381. The molecule has 1 heterocycles. The Morgan fingerprint density at radius 2 is 2.09 bits per heavy atom. The highest BCUT2D eigenvalue weighted by Gasteiger charge is 2.42. The summed E-state index contributed by atoms with van der Waals surface area (Å²) in [6.45, 7) is 5.22. The van der Waals surface area contributed by atoms with E-state index in [1.165, 1.54) is 12.8 Å². The van der Waals surface area contributed by atoms with Gasteiger partial charge in [-0.25, -0.2) is 0 Å². The molecule has 0 bridgehead atoms. The molecule has 6 atom stereocenters. The van der Waals surface area contributed by atoms with Gasteiger partial charge < -0.3 is 16.0 Å². The standard InChI is InChI=1S/C18H31N3O2/c1-3-5-13(9-16(22)21-15-8-11(15)2)20-18(23)17-14-7-4-6-12(14)10-19-17/h11-15,17,19H,3-10H2,1-2H3,(H,20,23)(H,21,22)/t11-,12-,13-,14-,15?,17-/m0/s1. The number of hydrogen-bond donors (Lipinski definition) is 3. The Balaban J connectivity index is 1.49. The monoisotopic (exact) mass is 321 g/mol. The molecule has 3 rings (SSSR count). The molecule has 2 amide bonds. The van der Waals surface area contributed by atoms with Crippen LogP contribution >= 0.6 is 0 Å². The average Bonchev–Trinajstić information content (AvgIpc) is 2.91. The molecular weight excluding hydrogens is 290 g/mol. The predicted octanol–water partition coefficient (Wildman–Crippen LogP) is 1.57. The Bertz CT molecular complexity index is 454. The molecule has 3 fully saturated rings. The fourth-order valence-electron chi connectivity index (χ4n) is 4.35. The van der Waals surface area contributed by atoms with E-state index in [4.69, 9.17) is 0 Å². The molecule has 5 heteroatoms. The van der Waals surface area contributed by atoms with Crippen molar-refractivity contribution < 1.29 is 9.59 Å². The van der Waals surface area contributed by atoms with Crippen molar-refractivity contribution in [3.05, 3.63) is 0 Å². The molecule has 3 aliphatic rings. The zero-order chi connectivity index (χ0) is 16.4. The van der Waals surface area contributed by atoms with E-state index in [-0.39, 0.29) is 23.9 Å². The van der Waals surface area contributed by atoms with Crippen LogP contribution in [0.25, 0.3) is 0 Å². The van der Waals surface area contributed by atoms with Gasteiger partial charge in [0.25, 0.3) is 0 Å². The van der Waals surface area contributed by atoms with Crippen LogP contribution in [0.2, 0.25) is 0 Å². The molecule has 0 aromatic rings. The number of hydrogen-bond acceptors (Lipinski definition) is 3. The van der Waals surface area contributed by atoms with Crippen LogP contribution in [0.4, 0.5) is 0 Å². The van der Waals surface area contributed by atoms with E-state index in [0.717, 1.165) is 32.2 Å². The van der Waals surface area contributed by atoms with E-state index in [1.54, 1.807) is 0 Å². The van der Waals surface area contributed by atoms with Gasteiger partial charge in [-0.05, 0) is 50.0 Å². The summed E-state index contributed by atoms with van der Waals surface area (Å²) in [5.41, 5.74) is 0. The first kappa shape index (κ1) is 16.7. The second-order valence-electron chi connectivity index (χ2n) is 7.83. The quantitative estimate of drug-likeness (QED) is 0.667. The minimum atomic E-state index is -0.0478. The van der Waals surface area contributed by atoms with Gasteiger partial charge in [-0.1, -0.05) is 26.7 Å². The number of carbonyl (C=O) groups is 2. The maximum Gasteiger partial charge on any atom is 0.237 e. The summed E-state index contributed by atoms with van der Waals surface area (Å²) in [6, 6.07) is 0.272. The van der Waals surface area contributed by atoms with Gasteiger partial charge in [-0.3, -0.25) is 9.59 Å². The third-order valence-corrected chi connectivity index (χ3v) is 5.90. The van der Waals surface area contributed by atoms with Crippen molar-refractivity contribution >= 4 is 11.8 Å². The second-order valence-corrected chi connectivity index (χ2v) is 7.83. The molecule has 23 heavy (non-hydrogen) atoms. The number of rotatable bonds is 7. The third-order valence-electron chi connectivity index (χ3n) is 5.90. The topological polar surface area (TPSA) is 70.2 Å². The minimum Gasteiger partial charge on any atom is -0.353 e. The Labute approximate surface area is 139 Å². The number of nitrogens with one attached hydrogen (secondary N) is 3. The lowest BCUT2D eigenvalue weighted by Crippen LogP contribution is -2.49. The highest BCUT2D eigenvalue weighted by Crippen LogP contribution is 2.37. The van der Waals surface area contributed by atoms with Crippen LogP contribution < -0.4 is 16.0 Å². The third kappa shape index (κ3) is 4.06. The van der Waals surface area contributed by atoms with Gasteiger partial charge in [-0.2, -0.15) is 0 Å². The summed E-state index contributed by atoms with van der Waals surface area (Å²) >= 11 is 0. The Kier molecular flexibility index (Phi) is 5.24. The van der Waals surface area contributed by atoms with Crippen molar-refractivity contribution in [2.75, 3.05) is 6.54 Å². The van der Waals surface area contributed by atoms with Crippen LogP contribution in [-0.2, 0) is 9.59 Å². The molecule has 1 aliphatic heterocycles. The molecule has 1 unspecified atom stereocenters. The van der Waals surface area contributed by atoms with E-state index >= 15 is 0 Å². The van der Waals surface area contributed by atoms with Crippen LogP contribution in [-0.4, -0.2) is 36.5 Å². The van der Waals surface area contributed by atoms with Crippen molar-refractivity contribution in [1.29, 1.82) is 0 Å². The van der Waals surface area contributed by atoms with Crippen molar-refractivity contribution in [2.24, 2.45) is 17.8 Å². The van der Waals surface area contributed by atoms with Crippen LogP contribution in [0, 0.1) is 17.8 Å². The number of amides is 2. The molecule has 130 valence electrons. The second kappa shape index (κ2) is 7.20. The van der Waals surface area contributed by atoms with Crippen molar-refractivity contribution in [2.45, 2.75) is 76.9 Å². The lowest BCUT2D eigenvalue weighted by atomic mass is 9.93. The maximum atomic E-state index is 12.6. The molecule has 2 aliphatic carbocycles. The van der Waals surface area contributed by atoms with E-state index in [1.807, 2.05) is 0 Å². The summed E-state index contributed by atoms with van der Waals surface area (Å²) in [7, 11) is 0. The molecule has 0 aromatic carbocycles. The predicted molar refractivity (Wildman–Crippen MR) is 89.8 cm³/mol. The first-order valence-corrected chi connectivity index (χ1v) is 9.41. The number of carbonyl (C=O) groups excluding carboxylic acids is 2. The summed E-state index contributed by atoms with van der Waals surface area (Å²) in [5.74, 6) is 1.97. The fourth-order valence-corrected chi connectivity index (χ4v) is 4.35. The van der Waals surface area contributed by atoms with E-state index in [2.05, 4.69) is 29.8 Å². The molecule has 2 saturated carbocycles. The van der Waals surface area contributed by atoms with Crippen molar-refractivity contribution in [1.82, 2.24) is 16.0 Å². The van der Waals surface area contributed by atoms with Gasteiger partial charge in [0, 0.05) is 18.5 Å². The lowest BCUT2D eigenvalue weighted by molar-refractivity contribution is -0.125. The smallest absolute Gasteiger partial charge is 0.237 e. The summed E-state index contributed by atoms with van der Waals surface area (Å²) < 4.78 is 0. The molecule has 0 spiro atoms. The van der Waals surface area contributed by atoms with Crippen LogP contribution in [0.15, 0.2) is 0 Å². The average molecular weight is 321 g/mol. The lowest BCUT2D eigenvalue weighted by Gasteiger charge is -2.23. The van der Waals surface area contributed by atoms with Crippen molar-refractivity contribution in [3.63, 3.8) is 0 Å². The maximum absolute atomic E-state index is 12.6. The van der Waals surface area contributed by atoms with Gasteiger partial charge in [-0.15, -0.1) is 0 Å². The van der Waals surface area contributed by atoms with Crippen molar-refractivity contribution in [3.8, 4) is 0 Å². The van der Waals surface area contributed by atoms with Crippen LogP contribution in [0.3, 0.4) is 0 Å². The Hall–Kier alpha value is -1.10. The zero-order valence-electron chi connectivity index (χ0n) is 14.4. The van der Waals surface area contributed by atoms with Gasteiger partial charge in [0.05, 0.1) is 6.04 Å². The van der Waals surface area contributed by atoms with Gasteiger partial charge >= 0.3 is 0 Å². The first-order valence-electron chi connectivity index (χ1n) is 9.41. The fraction of sp³-hybridized carbons (Fsp3) is 0.889. The zero-order valence-corrected chi connectivity index (χ0v) is 14.4. The molecule has 1 saturated heterocycles. The number of fused-ring (bicyclic) bond motifs is 1. The largest absolute Gasteiger partial charge is 0.353 e. The molecule has 3 N–H and O–H groups in total. The summed E-state index contributed by atoms with van der Waals surface area (Å²) in [4.78, 5) is 24.8. The van der Waals surface area contributed by atoms with Gasteiger partial charge in [0.15, 0.2) is 0 Å².